The van der Waals surface area contributed by atoms with Crippen LogP contribution in [0, 0.1) is 53.3 Å². The molecule has 0 aromatic carbocycles. The van der Waals surface area contributed by atoms with Crippen LogP contribution in [0.2, 0.25) is 0 Å². The first-order valence-corrected chi connectivity index (χ1v) is 9.70. The Morgan fingerprint density at radius 3 is 2.20 bits per heavy atom. The van der Waals surface area contributed by atoms with Gasteiger partial charge in [0.2, 0.25) is 0 Å². The Labute approximate surface area is 126 Å². The van der Waals surface area contributed by atoms with Gasteiger partial charge in [0.15, 0.2) is 0 Å². The monoisotopic (exact) mass is 274 g/mol. The molecule has 0 heterocycles. The van der Waals surface area contributed by atoms with Crippen molar-refractivity contribution >= 4 is 0 Å². The number of hydrogen-bond acceptors (Lipinski definition) is 0. The molecule has 0 heteroatoms. The minimum absolute atomic E-state index is 1.03. The molecule has 0 aliphatic heterocycles. The fraction of sp³-hybridized carbons (Fsp3) is 1.00. The van der Waals surface area contributed by atoms with Crippen LogP contribution in [-0.4, -0.2) is 0 Å². The molecule has 4 aliphatic rings. The summed E-state index contributed by atoms with van der Waals surface area (Å²) in [7, 11) is 0. The van der Waals surface area contributed by atoms with Crippen LogP contribution in [0.5, 0.6) is 0 Å². The van der Waals surface area contributed by atoms with E-state index in [0.717, 1.165) is 53.3 Å². The summed E-state index contributed by atoms with van der Waals surface area (Å²) >= 11 is 0. The minimum atomic E-state index is 1.03. The van der Waals surface area contributed by atoms with E-state index in [0.29, 0.717) is 0 Å². The lowest BCUT2D eigenvalue weighted by Gasteiger charge is -2.47. The van der Waals surface area contributed by atoms with Crippen molar-refractivity contribution in [2.75, 3.05) is 0 Å². The van der Waals surface area contributed by atoms with Gasteiger partial charge in [0.05, 0.1) is 0 Å². The summed E-state index contributed by atoms with van der Waals surface area (Å²) in [5, 5.41) is 0. The third-order valence-electron chi connectivity index (χ3n) is 8.61. The molecule has 0 bridgehead atoms. The summed E-state index contributed by atoms with van der Waals surface area (Å²) in [4.78, 5) is 0. The predicted octanol–water partition coefficient (Wildman–Crippen LogP) is 5.77. The van der Waals surface area contributed by atoms with Crippen molar-refractivity contribution in [2.24, 2.45) is 53.3 Å². The topological polar surface area (TPSA) is 0 Å². The van der Waals surface area contributed by atoms with Crippen LogP contribution in [0.25, 0.3) is 0 Å². The van der Waals surface area contributed by atoms with Crippen molar-refractivity contribution < 1.29 is 0 Å². The standard InChI is InChI=1S/C20H34/c1-4-14-9-19-17(12(14)2)11-18-13(3)16-8-6-5-7-15(16)10-20(18)19/h12-20H,4-11H2,1-3H3/t12?,13?,14?,15-,16+,17?,18?,19?,20?/m1/s1. The van der Waals surface area contributed by atoms with Gasteiger partial charge >= 0.3 is 0 Å². The van der Waals surface area contributed by atoms with E-state index in [1.165, 1.54) is 19.3 Å². The molecule has 0 spiro atoms. The van der Waals surface area contributed by atoms with Gasteiger partial charge in [-0.15, -0.1) is 0 Å². The van der Waals surface area contributed by atoms with Gasteiger partial charge in [-0.05, 0) is 78.9 Å². The lowest BCUT2D eigenvalue weighted by molar-refractivity contribution is 0.0196. The Morgan fingerprint density at radius 2 is 1.40 bits per heavy atom. The Balaban J connectivity index is 1.56. The third kappa shape index (κ3) is 1.85. The zero-order valence-corrected chi connectivity index (χ0v) is 13.9. The molecule has 20 heavy (non-hydrogen) atoms. The first kappa shape index (κ1) is 13.6. The van der Waals surface area contributed by atoms with Gasteiger partial charge < -0.3 is 0 Å². The van der Waals surface area contributed by atoms with Gasteiger partial charge in [-0.2, -0.15) is 0 Å². The lowest BCUT2D eigenvalue weighted by atomic mass is 9.58. The second kappa shape index (κ2) is 5.03. The lowest BCUT2D eigenvalue weighted by Crippen LogP contribution is -2.39. The van der Waals surface area contributed by atoms with Crippen LogP contribution >= 0.6 is 0 Å². The summed E-state index contributed by atoms with van der Waals surface area (Å²) in [6.07, 6.45) is 12.5. The largest absolute Gasteiger partial charge is 0.0651 e. The van der Waals surface area contributed by atoms with E-state index in [2.05, 4.69) is 20.8 Å². The summed E-state index contributed by atoms with van der Waals surface area (Å²) in [6, 6.07) is 0. The Bertz CT molecular complexity index is 357. The van der Waals surface area contributed by atoms with Crippen LogP contribution in [0.15, 0.2) is 0 Å². The van der Waals surface area contributed by atoms with Crippen molar-refractivity contribution in [3.8, 4) is 0 Å². The molecule has 9 atom stereocenters. The normalized spacial score (nSPS) is 58.0. The van der Waals surface area contributed by atoms with Gasteiger partial charge in [-0.1, -0.05) is 46.5 Å². The van der Waals surface area contributed by atoms with E-state index in [-0.39, 0.29) is 0 Å². The van der Waals surface area contributed by atoms with Gasteiger partial charge in [0, 0.05) is 0 Å². The Hall–Kier alpha value is 0. The van der Waals surface area contributed by atoms with Crippen LogP contribution in [0.3, 0.4) is 0 Å². The summed E-state index contributed by atoms with van der Waals surface area (Å²) in [5.41, 5.74) is 0. The zero-order chi connectivity index (χ0) is 13.9. The highest BCUT2D eigenvalue weighted by Gasteiger charge is 2.56. The Kier molecular flexibility index (Phi) is 3.43. The van der Waals surface area contributed by atoms with Crippen LogP contribution in [0.1, 0.15) is 72.1 Å². The van der Waals surface area contributed by atoms with E-state index in [1.807, 2.05) is 0 Å². The van der Waals surface area contributed by atoms with Gasteiger partial charge in [0.25, 0.3) is 0 Å². The number of hydrogen-bond donors (Lipinski definition) is 0. The second-order valence-corrected chi connectivity index (χ2v) is 8.96. The van der Waals surface area contributed by atoms with E-state index in [9.17, 15) is 0 Å². The summed E-state index contributed by atoms with van der Waals surface area (Å²) in [6.45, 7) is 7.66. The highest BCUT2D eigenvalue weighted by molar-refractivity contribution is 5.05. The third-order valence-corrected chi connectivity index (χ3v) is 8.61. The molecule has 4 fully saturated rings. The summed E-state index contributed by atoms with van der Waals surface area (Å²) < 4.78 is 0. The van der Waals surface area contributed by atoms with E-state index in [1.54, 1.807) is 32.1 Å². The Morgan fingerprint density at radius 1 is 0.700 bits per heavy atom. The number of fused-ring (bicyclic) bond motifs is 4. The summed E-state index contributed by atoms with van der Waals surface area (Å²) in [5.74, 6) is 9.86. The highest BCUT2D eigenvalue weighted by atomic mass is 14.6. The molecule has 4 rings (SSSR count). The molecule has 0 nitrogen and oxygen atoms in total. The van der Waals surface area contributed by atoms with Gasteiger partial charge in [-0.3, -0.25) is 0 Å². The first-order chi connectivity index (χ1) is 9.70. The average Bonchev–Trinajstić information content (AvgIpc) is 2.97. The van der Waals surface area contributed by atoms with Gasteiger partial charge in [-0.25, -0.2) is 0 Å². The zero-order valence-electron chi connectivity index (χ0n) is 13.9. The fourth-order valence-electron chi connectivity index (χ4n) is 7.55. The molecule has 114 valence electrons. The van der Waals surface area contributed by atoms with Crippen molar-refractivity contribution in [1.29, 1.82) is 0 Å². The molecule has 4 saturated carbocycles. The van der Waals surface area contributed by atoms with Crippen molar-refractivity contribution in [1.82, 2.24) is 0 Å². The van der Waals surface area contributed by atoms with Gasteiger partial charge in [0.1, 0.15) is 0 Å². The molecule has 0 aromatic rings. The quantitative estimate of drug-likeness (QED) is 0.569. The van der Waals surface area contributed by atoms with E-state index < -0.39 is 0 Å². The molecular formula is C20H34. The molecule has 0 aromatic heterocycles. The maximum absolute atomic E-state index is 2.64. The van der Waals surface area contributed by atoms with Crippen molar-refractivity contribution in [3.63, 3.8) is 0 Å². The fourth-order valence-corrected chi connectivity index (χ4v) is 7.55. The SMILES string of the molecule is CCC1CC2C(CC3C2C[C@H]2CCCC[C@H]2C3C)C1C. The molecule has 4 aliphatic carbocycles. The average molecular weight is 274 g/mol. The van der Waals surface area contributed by atoms with Crippen LogP contribution < -0.4 is 0 Å². The van der Waals surface area contributed by atoms with Crippen molar-refractivity contribution in [3.05, 3.63) is 0 Å². The van der Waals surface area contributed by atoms with Crippen molar-refractivity contribution in [2.45, 2.75) is 72.1 Å². The number of rotatable bonds is 1. The predicted molar refractivity (Wildman–Crippen MR) is 85.4 cm³/mol. The molecule has 0 N–H and O–H groups in total. The first-order valence-electron chi connectivity index (χ1n) is 9.70. The van der Waals surface area contributed by atoms with Crippen LogP contribution in [0.4, 0.5) is 0 Å². The van der Waals surface area contributed by atoms with Crippen LogP contribution in [-0.2, 0) is 0 Å². The molecule has 0 saturated heterocycles. The maximum atomic E-state index is 2.64. The smallest absolute Gasteiger partial charge is 0.0349 e. The minimum Gasteiger partial charge on any atom is -0.0651 e. The molecule has 7 unspecified atom stereocenters. The second-order valence-electron chi connectivity index (χ2n) is 8.96. The van der Waals surface area contributed by atoms with E-state index >= 15 is 0 Å². The highest BCUT2D eigenvalue weighted by Crippen LogP contribution is 2.63. The molecular weight excluding hydrogens is 240 g/mol. The molecule has 0 amide bonds. The van der Waals surface area contributed by atoms with E-state index in [4.69, 9.17) is 0 Å². The molecule has 0 radical (unpaired) electrons. The maximum Gasteiger partial charge on any atom is -0.0349 e.